The number of benzene rings is 1. The Balaban J connectivity index is 1.42. The first-order valence-electron chi connectivity index (χ1n) is 11.7. The van der Waals surface area contributed by atoms with Gasteiger partial charge >= 0.3 is 0 Å². The zero-order valence-electron chi connectivity index (χ0n) is 18.7. The third kappa shape index (κ3) is 4.13. The molecule has 2 atom stereocenters. The van der Waals surface area contributed by atoms with Crippen LogP contribution in [0, 0.1) is 17.8 Å². The van der Waals surface area contributed by atoms with Gasteiger partial charge in [0, 0.05) is 17.3 Å². The zero-order valence-corrected chi connectivity index (χ0v) is 18.7. The average molecular weight is 400 g/mol. The van der Waals surface area contributed by atoms with E-state index in [4.69, 9.17) is 0 Å². The quantitative estimate of drug-likeness (QED) is 0.500. The fraction of sp³-hybridized carbons (Fsp3) is 0.448. The van der Waals surface area contributed by atoms with Crippen LogP contribution in [0.15, 0.2) is 73.6 Å². The molecule has 3 aliphatic rings. The molecule has 1 aliphatic heterocycles. The highest BCUT2D eigenvalue weighted by molar-refractivity contribution is 5.74. The van der Waals surface area contributed by atoms with Crippen molar-refractivity contribution in [1.82, 2.24) is 5.32 Å². The lowest BCUT2D eigenvalue weighted by Crippen LogP contribution is -2.29. The Bertz CT molecular complexity index is 891. The number of piperidine rings is 1. The molecule has 2 unspecified atom stereocenters. The minimum absolute atomic E-state index is 0.472. The molecule has 1 N–H and O–H groups in total. The summed E-state index contributed by atoms with van der Waals surface area (Å²) in [5.41, 5.74) is 9.38. The third-order valence-electron chi connectivity index (χ3n) is 7.87. The molecule has 1 saturated heterocycles. The van der Waals surface area contributed by atoms with E-state index in [0.29, 0.717) is 17.8 Å². The van der Waals surface area contributed by atoms with Crippen LogP contribution in [-0.2, 0) is 6.42 Å². The maximum absolute atomic E-state index is 4.50. The van der Waals surface area contributed by atoms with Crippen molar-refractivity contribution >= 4 is 5.57 Å². The van der Waals surface area contributed by atoms with Gasteiger partial charge < -0.3 is 5.32 Å². The number of fused-ring (bicyclic) bond motifs is 1. The van der Waals surface area contributed by atoms with E-state index in [0.717, 1.165) is 36.6 Å². The van der Waals surface area contributed by atoms with Crippen LogP contribution in [0.25, 0.3) is 5.57 Å². The Kier molecular flexibility index (Phi) is 6.18. The fourth-order valence-electron chi connectivity index (χ4n) is 5.98. The van der Waals surface area contributed by atoms with Crippen LogP contribution in [-0.4, -0.2) is 0 Å². The lowest BCUT2D eigenvalue weighted by Gasteiger charge is -2.32. The molecule has 1 nitrogen and oxygen atoms in total. The van der Waals surface area contributed by atoms with Crippen molar-refractivity contribution in [2.45, 2.75) is 64.2 Å². The molecule has 30 heavy (non-hydrogen) atoms. The second-order valence-corrected chi connectivity index (χ2v) is 9.64. The van der Waals surface area contributed by atoms with Crippen LogP contribution in [0.5, 0.6) is 0 Å². The van der Waals surface area contributed by atoms with Crippen LogP contribution in [0.4, 0.5) is 0 Å². The molecule has 0 amide bonds. The van der Waals surface area contributed by atoms with Crippen LogP contribution in [0.2, 0.25) is 0 Å². The number of hydrogen-bond acceptors (Lipinski definition) is 1. The predicted molar refractivity (Wildman–Crippen MR) is 130 cm³/mol. The molecule has 0 aromatic heterocycles. The summed E-state index contributed by atoms with van der Waals surface area (Å²) < 4.78 is 0. The molecule has 0 bridgehead atoms. The Morgan fingerprint density at radius 3 is 2.50 bits per heavy atom. The van der Waals surface area contributed by atoms with E-state index in [-0.39, 0.29) is 0 Å². The Hall–Kier alpha value is -2.28. The van der Waals surface area contributed by atoms with Crippen molar-refractivity contribution in [3.8, 4) is 0 Å². The topological polar surface area (TPSA) is 12.0 Å². The van der Waals surface area contributed by atoms with Gasteiger partial charge in [0.15, 0.2) is 0 Å². The summed E-state index contributed by atoms with van der Waals surface area (Å²) in [6.45, 7) is 19.0. The van der Waals surface area contributed by atoms with E-state index >= 15 is 0 Å². The van der Waals surface area contributed by atoms with Crippen molar-refractivity contribution < 1.29 is 0 Å². The van der Waals surface area contributed by atoms with E-state index in [2.05, 4.69) is 62.8 Å². The maximum Gasteiger partial charge on any atom is 0.0113 e. The average Bonchev–Trinajstić information content (AvgIpc) is 3.08. The van der Waals surface area contributed by atoms with Gasteiger partial charge in [-0.05, 0) is 98.3 Å². The van der Waals surface area contributed by atoms with E-state index < -0.39 is 0 Å². The van der Waals surface area contributed by atoms with Gasteiger partial charge in [-0.25, -0.2) is 0 Å². The fourth-order valence-corrected chi connectivity index (χ4v) is 5.98. The van der Waals surface area contributed by atoms with E-state index in [1.807, 2.05) is 6.08 Å². The van der Waals surface area contributed by atoms with Crippen molar-refractivity contribution in [2.24, 2.45) is 17.8 Å². The highest BCUT2D eigenvalue weighted by Gasteiger charge is 2.35. The molecule has 2 aliphatic carbocycles. The van der Waals surface area contributed by atoms with Gasteiger partial charge in [-0.1, -0.05) is 62.2 Å². The van der Waals surface area contributed by atoms with Crippen LogP contribution in [0.3, 0.4) is 0 Å². The molecule has 2 fully saturated rings. The maximum atomic E-state index is 4.50. The van der Waals surface area contributed by atoms with Gasteiger partial charge in [0.2, 0.25) is 0 Å². The van der Waals surface area contributed by atoms with Gasteiger partial charge in [-0.3, -0.25) is 0 Å². The molecule has 1 saturated carbocycles. The van der Waals surface area contributed by atoms with E-state index in [1.165, 1.54) is 54.4 Å². The Morgan fingerprint density at radius 2 is 1.83 bits per heavy atom. The Morgan fingerprint density at radius 1 is 1.07 bits per heavy atom. The van der Waals surface area contributed by atoms with Crippen molar-refractivity contribution in [3.05, 3.63) is 90.3 Å². The van der Waals surface area contributed by atoms with Gasteiger partial charge in [-0.2, -0.15) is 0 Å². The first-order valence-corrected chi connectivity index (χ1v) is 11.7. The van der Waals surface area contributed by atoms with Crippen LogP contribution < -0.4 is 5.32 Å². The lowest BCUT2D eigenvalue weighted by molar-refractivity contribution is 0.325. The predicted octanol–water partition coefficient (Wildman–Crippen LogP) is 7.70. The summed E-state index contributed by atoms with van der Waals surface area (Å²) in [5.74, 6) is 2.49. The minimum atomic E-state index is 0.472. The molecule has 1 heterocycles. The molecular weight excluding hydrogens is 362 g/mol. The third-order valence-corrected chi connectivity index (χ3v) is 7.87. The molecule has 1 heteroatoms. The summed E-state index contributed by atoms with van der Waals surface area (Å²) in [6.07, 6.45) is 14.0. The minimum Gasteiger partial charge on any atom is -0.363 e. The SMILES string of the molecule is C=C/C(=C\C)CC1CCC(c2ccc3c(c2)CC(C2CCC(=C)NC2=C)C3=C)CC1. The number of hydrogen-bond donors (Lipinski definition) is 1. The van der Waals surface area contributed by atoms with Gasteiger partial charge in [0.1, 0.15) is 0 Å². The highest BCUT2D eigenvalue weighted by atomic mass is 14.9. The van der Waals surface area contributed by atoms with Crippen molar-refractivity contribution in [1.29, 1.82) is 0 Å². The van der Waals surface area contributed by atoms with E-state index in [9.17, 15) is 0 Å². The Labute approximate surface area is 183 Å². The summed E-state index contributed by atoms with van der Waals surface area (Å²) in [5, 5.41) is 3.40. The summed E-state index contributed by atoms with van der Waals surface area (Å²) in [7, 11) is 0. The number of allylic oxidation sites excluding steroid dienone is 6. The molecule has 1 aromatic rings. The molecule has 158 valence electrons. The molecule has 1 aromatic carbocycles. The molecule has 4 rings (SSSR count). The zero-order chi connectivity index (χ0) is 21.3. The molecular formula is C29H37N. The number of rotatable bonds is 5. The van der Waals surface area contributed by atoms with Gasteiger partial charge in [0.05, 0.1) is 0 Å². The first-order chi connectivity index (χ1) is 14.5. The normalized spacial score (nSPS) is 29.5. The standard InChI is InChI=1S/C29H37N/c1-6-22(7-2)16-23-9-11-24(12-10-23)25-13-15-27-20(4)29(18-26(27)17-25)28-14-8-19(3)30-21(28)5/h6-7,13,15,17,23-24,28-30H,1,3-5,8-12,14,16,18H2,2H3/b22-7+. The van der Waals surface area contributed by atoms with Gasteiger partial charge in [0.25, 0.3) is 0 Å². The summed E-state index contributed by atoms with van der Waals surface area (Å²) >= 11 is 0. The van der Waals surface area contributed by atoms with E-state index in [1.54, 1.807) is 5.56 Å². The van der Waals surface area contributed by atoms with Crippen LogP contribution >= 0.6 is 0 Å². The second kappa shape index (κ2) is 8.84. The molecule has 0 radical (unpaired) electrons. The largest absolute Gasteiger partial charge is 0.363 e. The summed E-state index contributed by atoms with van der Waals surface area (Å²) in [6, 6.07) is 7.24. The van der Waals surface area contributed by atoms with Crippen molar-refractivity contribution in [3.63, 3.8) is 0 Å². The number of nitrogens with one attached hydrogen (secondary N) is 1. The molecule has 0 spiro atoms. The summed E-state index contributed by atoms with van der Waals surface area (Å²) in [4.78, 5) is 0. The first kappa shape index (κ1) is 21.0. The monoisotopic (exact) mass is 399 g/mol. The smallest absolute Gasteiger partial charge is 0.0113 e. The van der Waals surface area contributed by atoms with Crippen molar-refractivity contribution in [2.75, 3.05) is 0 Å². The highest BCUT2D eigenvalue weighted by Crippen LogP contribution is 2.46. The van der Waals surface area contributed by atoms with Gasteiger partial charge in [-0.15, -0.1) is 0 Å². The second-order valence-electron chi connectivity index (χ2n) is 9.64. The lowest BCUT2D eigenvalue weighted by atomic mass is 9.76. The van der Waals surface area contributed by atoms with Crippen LogP contribution in [0.1, 0.15) is 74.5 Å².